The van der Waals surface area contributed by atoms with Crippen molar-refractivity contribution in [2.75, 3.05) is 19.5 Å². The monoisotopic (exact) mass is 389 g/mol. The second-order valence-electron chi connectivity index (χ2n) is 5.43. The molecule has 0 aliphatic carbocycles. The number of para-hydroxylation sites is 1. The molecule has 0 atom stereocenters. The minimum atomic E-state index is -0.380. The predicted octanol–water partition coefficient (Wildman–Crippen LogP) is 3.23. The van der Waals surface area contributed by atoms with Gasteiger partial charge in [-0.05, 0) is 30.3 Å². The fraction of sp³-hybridized carbons (Fsp3) is 0.211. The molecule has 2 rings (SSSR count). The van der Waals surface area contributed by atoms with Gasteiger partial charge in [0.2, 0.25) is 11.8 Å². The molecule has 0 saturated heterocycles. The zero-order valence-electron chi connectivity index (χ0n) is 15.0. The molecule has 0 spiro atoms. The van der Waals surface area contributed by atoms with Crippen molar-refractivity contribution in [2.24, 2.45) is 5.10 Å². The second-order valence-corrected chi connectivity index (χ2v) is 5.87. The summed E-state index contributed by atoms with van der Waals surface area (Å²) in [4.78, 5) is 23.7. The molecule has 2 aromatic carbocycles. The molecule has 0 unspecified atom stereocenters. The molecule has 0 fully saturated rings. The number of benzene rings is 2. The summed E-state index contributed by atoms with van der Waals surface area (Å²) in [5.41, 5.74) is 3.61. The Morgan fingerprint density at radius 1 is 1.07 bits per heavy atom. The van der Waals surface area contributed by atoms with E-state index in [4.69, 9.17) is 21.1 Å². The average molecular weight is 390 g/mol. The third kappa shape index (κ3) is 6.31. The summed E-state index contributed by atoms with van der Waals surface area (Å²) >= 11 is 5.86. The summed E-state index contributed by atoms with van der Waals surface area (Å²) in [7, 11) is 3.06. The number of hydrogen-bond acceptors (Lipinski definition) is 5. The van der Waals surface area contributed by atoms with Gasteiger partial charge in [0.25, 0.3) is 0 Å². The quantitative estimate of drug-likeness (QED) is 0.536. The first-order chi connectivity index (χ1) is 13.0. The van der Waals surface area contributed by atoms with Crippen LogP contribution in [-0.2, 0) is 9.59 Å². The van der Waals surface area contributed by atoms with Crippen LogP contribution in [0.4, 0.5) is 5.69 Å². The highest BCUT2D eigenvalue weighted by atomic mass is 35.5. The number of rotatable bonds is 8. The molecule has 0 radical (unpaired) electrons. The number of carbonyl (C=O) groups is 2. The summed E-state index contributed by atoms with van der Waals surface area (Å²) in [6.07, 6.45) is 1.47. The van der Waals surface area contributed by atoms with E-state index in [-0.39, 0.29) is 24.7 Å². The Hall–Kier alpha value is -3.06. The topological polar surface area (TPSA) is 89.0 Å². The van der Waals surface area contributed by atoms with Gasteiger partial charge in [0, 0.05) is 29.1 Å². The Morgan fingerprint density at radius 3 is 2.52 bits per heavy atom. The fourth-order valence-corrected chi connectivity index (χ4v) is 2.45. The number of carbonyl (C=O) groups excluding carboxylic acids is 2. The van der Waals surface area contributed by atoms with E-state index in [1.54, 1.807) is 42.5 Å². The van der Waals surface area contributed by atoms with E-state index < -0.39 is 0 Å². The molecule has 0 aromatic heterocycles. The normalized spacial score (nSPS) is 10.5. The first kappa shape index (κ1) is 20.3. The summed E-state index contributed by atoms with van der Waals surface area (Å²) in [6.45, 7) is 0. The number of hydrogen-bond donors (Lipinski definition) is 2. The minimum absolute atomic E-state index is 0.00101. The maximum atomic E-state index is 11.9. The van der Waals surface area contributed by atoms with E-state index in [0.29, 0.717) is 27.8 Å². The molecule has 2 amide bonds. The van der Waals surface area contributed by atoms with Crippen LogP contribution in [0.15, 0.2) is 47.6 Å². The fourth-order valence-electron chi connectivity index (χ4n) is 2.26. The number of nitrogens with one attached hydrogen (secondary N) is 2. The Kier molecular flexibility index (Phi) is 7.63. The first-order valence-corrected chi connectivity index (χ1v) is 8.49. The van der Waals surface area contributed by atoms with Crippen LogP contribution >= 0.6 is 11.6 Å². The van der Waals surface area contributed by atoms with Gasteiger partial charge >= 0.3 is 0 Å². The molecule has 7 nitrogen and oxygen atoms in total. The minimum Gasteiger partial charge on any atom is -0.493 e. The zero-order chi connectivity index (χ0) is 19.6. The molecule has 0 bridgehead atoms. The molecule has 0 saturated carbocycles. The van der Waals surface area contributed by atoms with E-state index in [9.17, 15) is 9.59 Å². The van der Waals surface area contributed by atoms with Crippen LogP contribution in [0.2, 0.25) is 5.02 Å². The van der Waals surface area contributed by atoms with Crippen LogP contribution in [-0.4, -0.2) is 32.2 Å². The van der Waals surface area contributed by atoms with Gasteiger partial charge in [-0.25, -0.2) is 5.43 Å². The maximum absolute atomic E-state index is 11.9. The highest BCUT2D eigenvalue weighted by Crippen LogP contribution is 2.29. The molecule has 2 aromatic rings. The smallest absolute Gasteiger partial charge is 0.240 e. The first-order valence-electron chi connectivity index (χ1n) is 8.11. The molecular formula is C19H20ClN3O4. The Balaban J connectivity index is 1.82. The van der Waals surface area contributed by atoms with Crippen LogP contribution < -0.4 is 20.2 Å². The van der Waals surface area contributed by atoms with Gasteiger partial charge in [0.05, 0.1) is 20.4 Å². The van der Waals surface area contributed by atoms with E-state index >= 15 is 0 Å². The highest BCUT2D eigenvalue weighted by molar-refractivity contribution is 6.30. The van der Waals surface area contributed by atoms with Crippen molar-refractivity contribution in [3.05, 3.63) is 53.1 Å². The van der Waals surface area contributed by atoms with E-state index in [0.717, 1.165) is 0 Å². The predicted molar refractivity (Wildman–Crippen MR) is 105 cm³/mol. The van der Waals surface area contributed by atoms with Crippen molar-refractivity contribution in [3.63, 3.8) is 0 Å². The molecule has 0 aliphatic heterocycles. The molecule has 2 N–H and O–H groups in total. The van der Waals surface area contributed by atoms with Crippen LogP contribution in [0.25, 0.3) is 0 Å². The summed E-state index contributed by atoms with van der Waals surface area (Å²) in [6, 6.07) is 12.1. The van der Waals surface area contributed by atoms with Crippen molar-refractivity contribution in [1.82, 2.24) is 5.43 Å². The number of ether oxygens (including phenoxy) is 2. The van der Waals surface area contributed by atoms with Gasteiger partial charge < -0.3 is 14.8 Å². The molecular weight excluding hydrogens is 370 g/mol. The number of methoxy groups -OCH3 is 2. The third-order valence-corrected chi connectivity index (χ3v) is 3.75. The van der Waals surface area contributed by atoms with Crippen LogP contribution in [0.5, 0.6) is 11.5 Å². The molecule has 0 heterocycles. The number of nitrogens with zero attached hydrogens (tertiary/aromatic N) is 1. The summed E-state index contributed by atoms with van der Waals surface area (Å²) in [5, 5.41) is 7.09. The number of halogens is 1. The van der Waals surface area contributed by atoms with Gasteiger partial charge in [-0.3, -0.25) is 9.59 Å². The van der Waals surface area contributed by atoms with Crippen LogP contribution in [0.1, 0.15) is 18.4 Å². The highest BCUT2D eigenvalue weighted by Gasteiger charge is 2.09. The summed E-state index contributed by atoms with van der Waals surface area (Å²) in [5.74, 6) is 0.407. The summed E-state index contributed by atoms with van der Waals surface area (Å²) < 4.78 is 10.5. The standard InChI is InChI=1S/C19H20ClN3O4/c1-26-16-8-3-5-13(19(16)27-2)12-21-23-18(25)10-9-17(24)22-15-7-4-6-14(20)11-15/h3-8,11-12H,9-10H2,1-2H3,(H,22,24)(H,23,25). The van der Waals surface area contributed by atoms with Crippen LogP contribution in [0, 0.1) is 0 Å². The lowest BCUT2D eigenvalue weighted by Gasteiger charge is -2.09. The second kappa shape index (κ2) is 10.2. The molecule has 142 valence electrons. The Morgan fingerprint density at radius 2 is 1.81 bits per heavy atom. The van der Waals surface area contributed by atoms with Gasteiger partial charge in [0.1, 0.15) is 0 Å². The average Bonchev–Trinajstić information content (AvgIpc) is 2.66. The maximum Gasteiger partial charge on any atom is 0.240 e. The Bertz CT molecular complexity index is 839. The Labute approximate surface area is 162 Å². The van der Waals surface area contributed by atoms with Crippen molar-refractivity contribution in [3.8, 4) is 11.5 Å². The third-order valence-electron chi connectivity index (χ3n) is 3.51. The lowest BCUT2D eigenvalue weighted by Crippen LogP contribution is -2.20. The molecule has 0 aliphatic rings. The number of hydrazone groups is 1. The SMILES string of the molecule is COc1cccc(C=NNC(=O)CCC(=O)Nc2cccc(Cl)c2)c1OC. The zero-order valence-corrected chi connectivity index (χ0v) is 15.7. The molecule has 27 heavy (non-hydrogen) atoms. The van der Waals surface area contributed by atoms with Gasteiger partial charge in [-0.15, -0.1) is 0 Å². The van der Waals surface area contributed by atoms with Gasteiger partial charge in [0.15, 0.2) is 11.5 Å². The largest absolute Gasteiger partial charge is 0.493 e. The van der Waals surface area contributed by atoms with E-state index in [1.807, 2.05) is 0 Å². The molecule has 8 heteroatoms. The lowest BCUT2D eigenvalue weighted by atomic mass is 10.2. The van der Waals surface area contributed by atoms with Crippen molar-refractivity contribution >= 4 is 35.3 Å². The van der Waals surface area contributed by atoms with E-state index in [2.05, 4.69) is 15.8 Å². The number of anilines is 1. The van der Waals surface area contributed by atoms with Crippen molar-refractivity contribution in [1.29, 1.82) is 0 Å². The van der Waals surface area contributed by atoms with Gasteiger partial charge in [-0.1, -0.05) is 23.7 Å². The van der Waals surface area contributed by atoms with E-state index in [1.165, 1.54) is 20.4 Å². The van der Waals surface area contributed by atoms with Crippen molar-refractivity contribution < 1.29 is 19.1 Å². The lowest BCUT2D eigenvalue weighted by molar-refractivity contribution is -0.124. The van der Waals surface area contributed by atoms with Crippen molar-refractivity contribution in [2.45, 2.75) is 12.8 Å². The van der Waals surface area contributed by atoms with Crippen LogP contribution in [0.3, 0.4) is 0 Å². The number of amides is 2. The van der Waals surface area contributed by atoms with Gasteiger partial charge in [-0.2, -0.15) is 5.10 Å².